The van der Waals surface area contributed by atoms with Gasteiger partial charge in [-0.1, -0.05) is 33.6 Å². The molecule has 1 rings (SSSR count). The molecule has 0 saturated heterocycles. The summed E-state index contributed by atoms with van der Waals surface area (Å²) in [5, 5.41) is 3.64. The Kier molecular flexibility index (Phi) is 8.01. The number of ether oxygens (including phenoxy) is 1. The fraction of sp³-hybridized carbons (Fsp3) is 1.00. The van der Waals surface area contributed by atoms with Crippen molar-refractivity contribution in [1.29, 1.82) is 0 Å². The highest BCUT2D eigenvalue weighted by atomic mass is 16.5. The number of hydrogen-bond acceptors (Lipinski definition) is 2. The Labute approximate surface area is 120 Å². The van der Waals surface area contributed by atoms with Crippen LogP contribution in [-0.2, 0) is 4.74 Å². The molecule has 0 amide bonds. The van der Waals surface area contributed by atoms with E-state index in [1.807, 2.05) is 0 Å². The summed E-state index contributed by atoms with van der Waals surface area (Å²) < 4.78 is 5.17. The van der Waals surface area contributed by atoms with Gasteiger partial charge >= 0.3 is 0 Å². The zero-order chi connectivity index (χ0) is 14.1. The fourth-order valence-corrected chi connectivity index (χ4v) is 3.51. The lowest BCUT2D eigenvalue weighted by molar-refractivity contribution is 0.105. The van der Waals surface area contributed by atoms with E-state index in [2.05, 4.69) is 26.1 Å². The van der Waals surface area contributed by atoms with Crippen molar-refractivity contribution in [2.24, 2.45) is 17.3 Å². The number of rotatable bonds is 9. The highest BCUT2D eigenvalue weighted by molar-refractivity contribution is 4.85. The molecule has 19 heavy (non-hydrogen) atoms. The summed E-state index contributed by atoms with van der Waals surface area (Å²) in [5.41, 5.74) is 0.563. The lowest BCUT2D eigenvalue weighted by atomic mass is 9.66. The molecule has 0 spiro atoms. The molecule has 1 N–H and O–H groups in total. The van der Waals surface area contributed by atoms with Gasteiger partial charge < -0.3 is 10.1 Å². The summed E-state index contributed by atoms with van der Waals surface area (Å²) in [4.78, 5) is 0. The van der Waals surface area contributed by atoms with Crippen molar-refractivity contribution in [2.45, 2.75) is 65.7 Å². The van der Waals surface area contributed by atoms with Crippen LogP contribution in [0.25, 0.3) is 0 Å². The van der Waals surface area contributed by atoms with Crippen molar-refractivity contribution in [3.63, 3.8) is 0 Å². The zero-order valence-corrected chi connectivity index (χ0v) is 13.6. The van der Waals surface area contributed by atoms with Gasteiger partial charge in [-0.15, -0.1) is 0 Å². The van der Waals surface area contributed by atoms with E-state index in [1.165, 1.54) is 58.0 Å². The van der Waals surface area contributed by atoms with E-state index >= 15 is 0 Å². The molecule has 1 saturated carbocycles. The lowest BCUT2D eigenvalue weighted by Crippen LogP contribution is -2.36. The summed E-state index contributed by atoms with van der Waals surface area (Å²) >= 11 is 0. The molecule has 114 valence electrons. The number of hydrogen-bond donors (Lipinski definition) is 1. The Hall–Kier alpha value is -0.0800. The van der Waals surface area contributed by atoms with Gasteiger partial charge in [-0.2, -0.15) is 0 Å². The quantitative estimate of drug-likeness (QED) is 0.632. The van der Waals surface area contributed by atoms with Gasteiger partial charge in [0.1, 0.15) is 0 Å². The summed E-state index contributed by atoms with van der Waals surface area (Å²) in [6, 6.07) is 0. The SMILES string of the molecule is CCCNCC1CCC(C)(C)CC1CCCCOC. The summed E-state index contributed by atoms with van der Waals surface area (Å²) in [6.45, 7) is 10.5. The molecule has 0 aromatic heterocycles. The predicted octanol–water partition coefficient (Wildman–Crippen LogP) is 4.25. The van der Waals surface area contributed by atoms with Crippen LogP contribution in [0.2, 0.25) is 0 Å². The van der Waals surface area contributed by atoms with Gasteiger partial charge in [-0.05, 0) is 62.4 Å². The third kappa shape index (κ3) is 6.76. The maximum absolute atomic E-state index is 5.17. The van der Waals surface area contributed by atoms with Crippen molar-refractivity contribution in [3.8, 4) is 0 Å². The lowest BCUT2D eigenvalue weighted by Gasteiger charge is -2.41. The largest absolute Gasteiger partial charge is 0.385 e. The van der Waals surface area contributed by atoms with Crippen LogP contribution in [0.15, 0.2) is 0 Å². The second kappa shape index (κ2) is 8.97. The van der Waals surface area contributed by atoms with E-state index in [0.29, 0.717) is 5.41 Å². The molecule has 0 radical (unpaired) electrons. The first kappa shape index (κ1) is 17.0. The van der Waals surface area contributed by atoms with Crippen LogP contribution in [-0.4, -0.2) is 26.8 Å². The first-order chi connectivity index (χ1) is 9.09. The van der Waals surface area contributed by atoms with Crippen molar-refractivity contribution in [2.75, 3.05) is 26.8 Å². The maximum atomic E-state index is 5.17. The van der Waals surface area contributed by atoms with E-state index in [-0.39, 0.29) is 0 Å². The second-order valence-electron chi connectivity index (χ2n) is 7.12. The van der Waals surface area contributed by atoms with Crippen LogP contribution >= 0.6 is 0 Å². The highest BCUT2D eigenvalue weighted by Crippen LogP contribution is 2.43. The Morgan fingerprint density at radius 1 is 1.21 bits per heavy atom. The average Bonchev–Trinajstić information content (AvgIpc) is 2.37. The van der Waals surface area contributed by atoms with Gasteiger partial charge in [0.15, 0.2) is 0 Å². The van der Waals surface area contributed by atoms with E-state index in [9.17, 15) is 0 Å². The molecule has 1 aliphatic rings. The third-order valence-corrected chi connectivity index (χ3v) is 4.68. The molecule has 1 aliphatic carbocycles. The Balaban J connectivity index is 2.37. The molecular weight excluding hydrogens is 234 g/mol. The van der Waals surface area contributed by atoms with Gasteiger partial charge in [0, 0.05) is 13.7 Å². The zero-order valence-electron chi connectivity index (χ0n) is 13.6. The van der Waals surface area contributed by atoms with E-state index in [0.717, 1.165) is 18.4 Å². The van der Waals surface area contributed by atoms with Crippen LogP contribution in [0, 0.1) is 17.3 Å². The molecule has 2 unspecified atom stereocenters. The summed E-state index contributed by atoms with van der Waals surface area (Å²) in [6.07, 6.45) is 9.43. The van der Waals surface area contributed by atoms with Gasteiger partial charge in [-0.25, -0.2) is 0 Å². The Morgan fingerprint density at radius 2 is 2.00 bits per heavy atom. The summed E-state index contributed by atoms with van der Waals surface area (Å²) in [7, 11) is 1.81. The van der Waals surface area contributed by atoms with Crippen LogP contribution in [0.4, 0.5) is 0 Å². The second-order valence-corrected chi connectivity index (χ2v) is 7.12. The van der Waals surface area contributed by atoms with Gasteiger partial charge in [0.25, 0.3) is 0 Å². The fourth-order valence-electron chi connectivity index (χ4n) is 3.51. The smallest absolute Gasteiger partial charge is 0.0462 e. The molecule has 0 aromatic carbocycles. The van der Waals surface area contributed by atoms with Crippen LogP contribution in [0.3, 0.4) is 0 Å². The minimum atomic E-state index is 0.563. The first-order valence-electron chi connectivity index (χ1n) is 8.28. The monoisotopic (exact) mass is 269 g/mol. The molecule has 0 aliphatic heterocycles. The molecule has 2 nitrogen and oxygen atoms in total. The van der Waals surface area contributed by atoms with Crippen molar-refractivity contribution < 1.29 is 4.74 Å². The number of nitrogens with one attached hydrogen (secondary N) is 1. The van der Waals surface area contributed by atoms with Crippen LogP contribution in [0.5, 0.6) is 0 Å². The minimum Gasteiger partial charge on any atom is -0.385 e. The van der Waals surface area contributed by atoms with Gasteiger partial charge in [0.2, 0.25) is 0 Å². The van der Waals surface area contributed by atoms with Crippen molar-refractivity contribution in [3.05, 3.63) is 0 Å². The molecule has 2 heteroatoms. The van der Waals surface area contributed by atoms with Gasteiger partial charge in [0.05, 0.1) is 0 Å². The number of unbranched alkanes of at least 4 members (excludes halogenated alkanes) is 1. The van der Waals surface area contributed by atoms with E-state index in [1.54, 1.807) is 7.11 Å². The predicted molar refractivity (Wildman–Crippen MR) is 83.5 cm³/mol. The molecule has 2 atom stereocenters. The van der Waals surface area contributed by atoms with E-state index < -0.39 is 0 Å². The van der Waals surface area contributed by atoms with Crippen LogP contribution in [0.1, 0.15) is 65.7 Å². The normalized spacial score (nSPS) is 26.5. The minimum absolute atomic E-state index is 0.563. The van der Waals surface area contributed by atoms with Crippen molar-refractivity contribution in [1.82, 2.24) is 5.32 Å². The molecule has 0 bridgehead atoms. The highest BCUT2D eigenvalue weighted by Gasteiger charge is 2.33. The van der Waals surface area contributed by atoms with Gasteiger partial charge in [-0.3, -0.25) is 0 Å². The maximum Gasteiger partial charge on any atom is 0.0462 e. The molecular formula is C17H35NO. The topological polar surface area (TPSA) is 21.3 Å². The first-order valence-corrected chi connectivity index (χ1v) is 8.28. The number of methoxy groups -OCH3 is 1. The molecule has 0 heterocycles. The average molecular weight is 269 g/mol. The Bertz CT molecular complexity index is 227. The third-order valence-electron chi connectivity index (χ3n) is 4.68. The van der Waals surface area contributed by atoms with Crippen LogP contribution < -0.4 is 5.32 Å². The molecule has 1 fully saturated rings. The summed E-state index contributed by atoms with van der Waals surface area (Å²) in [5.74, 6) is 1.83. The van der Waals surface area contributed by atoms with E-state index in [4.69, 9.17) is 4.74 Å². The standard InChI is InChI=1S/C17H35NO/c1-5-11-18-14-16-9-10-17(2,3)13-15(16)8-6-7-12-19-4/h15-16,18H,5-14H2,1-4H3. The molecule has 0 aromatic rings. The Morgan fingerprint density at radius 3 is 2.68 bits per heavy atom. The van der Waals surface area contributed by atoms with Crippen molar-refractivity contribution >= 4 is 0 Å².